The number of halogens is 1. The van der Waals surface area contributed by atoms with Gasteiger partial charge in [-0.1, -0.05) is 35.9 Å². The highest BCUT2D eigenvalue weighted by molar-refractivity contribution is 7.07. The van der Waals surface area contributed by atoms with Crippen LogP contribution in [0.2, 0.25) is 5.02 Å². The van der Waals surface area contributed by atoms with E-state index in [4.69, 9.17) is 21.0 Å². The van der Waals surface area contributed by atoms with Gasteiger partial charge >= 0.3 is 0 Å². The lowest BCUT2D eigenvalue weighted by molar-refractivity contribution is -0.127. The highest BCUT2D eigenvalue weighted by atomic mass is 35.5. The summed E-state index contributed by atoms with van der Waals surface area (Å²) in [5.41, 5.74) is 3.72. The molecular formula is C25H24ClN3O2S. The monoisotopic (exact) mass is 465 g/mol. The van der Waals surface area contributed by atoms with Gasteiger partial charge in [0.15, 0.2) is 10.6 Å². The van der Waals surface area contributed by atoms with Gasteiger partial charge in [0, 0.05) is 41.8 Å². The van der Waals surface area contributed by atoms with Crippen LogP contribution in [0.5, 0.6) is 0 Å². The maximum Gasteiger partial charge on any atom is 0.222 e. The number of fused-ring (bicyclic) bond motifs is 1. The van der Waals surface area contributed by atoms with Crippen LogP contribution in [-0.2, 0) is 11.3 Å². The SMILES string of the molecule is Cc1ccc(N=c2scc(-c3cc4ccccc4o3)n2CCCN2CCCC2=O)cc1Cl. The molecule has 2 aromatic heterocycles. The second-order valence-corrected chi connectivity index (χ2v) is 9.33. The third-order valence-electron chi connectivity index (χ3n) is 5.84. The number of likely N-dealkylation sites (tertiary alicyclic amines) is 1. The van der Waals surface area contributed by atoms with Gasteiger partial charge in [0.1, 0.15) is 5.58 Å². The molecule has 5 nitrogen and oxygen atoms in total. The molecule has 1 aliphatic rings. The molecule has 5 rings (SSSR count). The minimum absolute atomic E-state index is 0.261. The molecule has 0 aliphatic carbocycles. The Morgan fingerprint density at radius 3 is 2.81 bits per heavy atom. The highest BCUT2D eigenvalue weighted by Gasteiger charge is 2.20. The Balaban J connectivity index is 1.51. The predicted octanol–water partition coefficient (Wildman–Crippen LogP) is 6.17. The Kier molecular flexibility index (Phi) is 5.89. The molecule has 1 aliphatic heterocycles. The summed E-state index contributed by atoms with van der Waals surface area (Å²) in [6, 6.07) is 16.0. The van der Waals surface area contributed by atoms with Crippen LogP contribution in [-0.4, -0.2) is 28.5 Å². The average Bonchev–Trinajstić information content (AvgIpc) is 3.49. The molecule has 7 heteroatoms. The first-order valence-corrected chi connectivity index (χ1v) is 12.1. The molecule has 0 atom stereocenters. The van der Waals surface area contributed by atoms with Gasteiger partial charge in [-0.2, -0.15) is 0 Å². The highest BCUT2D eigenvalue weighted by Crippen LogP contribution is 2.29. The molecule has 2 aromatic carbocycles. The number of benzene rings is 2. The normalized spacial score (nSPS) is 14.8. The number of carbonyl (C=O) groups is 1. The van der Waals surface area contributed by atoms with E-state index in [1.807, 2.05) is 48.2 Å². The summed E-state index contributed by atoms with van der Waals surface area (Å²) in [6.45, 7) is 4.36. The first kappa shape index (κ1) is 21.0. The van der Waals surface area contributed by atoms with Crippen LogP contribution in [0.15, 0.2) is 63.3 Å². The summed E-state index contributed by atoms with van der Waals surface area (Å²) >= 11 is 7.90. The molecule has 32 heavy (non-hydrogen) atoms. The van der Waals surface area contributed by atoms with E-state index < -0.39 is 0 Å². The van der Waals surface area contributed by atoms with Crippen molar-refractivity contribution >= 4 is 45.5 Å². The van der Waals surface area contributed by atoms with Gasteiger partial charge < -0.3 is 13.9 Å². The number of carbonyl (C=O) groups excluding carboxylic acids is 1. The number of aromatic nitrogens is 1. The van der Waals surface area contributed by atoms with Crippen LogP contribution in [0.25, 0.3) is 22.4 Å². The minimum Gasteiger partial charge on any atom is -0.454 e. The largest absolute Gasteiger partial charge is 0.454 e. The van der Waals surface area contributed by atoms with Crippen molar-refractivity contribution in [2.45, 2.75) is 32.7 Å². The minimum atomic E-state index is 0.261. The molecule has 0 radical (unpaired) electrons. The van der Waals surface area contributed by atoms with Crippen LogP contribution in [0.1, 0.15) is 24.8 Å². The van der Waals surface area contributed by atoms with Crippen molar-refractivity contribution in [1.82, 2.24) is 9.47 Å². The zero-order valence-electron chi connectivity index (χ0n) is 17.9. The number of hydrogen-bond acceptors (Lipinski definition) is 4. The van der Waals surface area contributed by atoms with Crippen molar-refractivity contribution in [1.29, 1.82) is 0 Å². The second-order valence-electron chi connectivity index (χ2n) is 8.09. The quantitative estimate of drug-likeness (QED) is 0.342. The van der Waals surface area contributed by atoms with Crippen molar-refractivity contribution in [2.24, 2.45) is 4.99 Å². The van der Waals surface area contributed by atoms with E-state index in [2.05, 4.69) is 22.1 Å². The Morgan fingerprint density at radius 1 is 1.16 bits per heavy atom. The standard InChI is InChI=1S/C25H24ClN3O2S/c1-17-9-10-19(15-20(17)26)27-25-29(13-5-12-28-11-4-8-24(28)30)21(16-32-25)23-14-18-6-2-3-7-22(18)31-23/h2-3,6-7,9-10,14-16H,4-5,8,11-13H2,1H3. The molecule has 1 saturated heterocycles. The summed E-state index contributed by atoms with van der Waals surface area (Å²) in [7, 11) is 0. The number of furan rings is 1. The Morgan fingerprint density at radius 2 is 2.03 bits per heavy atom. The number of thiazole rings is 1. The van der Waals surface area contributed by atoms with E-state index >= 15 is 0 Å². The summed E-state index contributed by atoms with van der Waals surface area (Å²) in [6.07, 6.45) is 2.49. The summed E-state index contributed by atoms with van der Waals surface area (Å²) in [5, 5.41) is 3.87. The average molecular weight is 466 g/mol. The van der Waals surface area contributed by atoms with E-state index in [9.17, 15) is 4.79 Å². The van der Waals surface area contributed by atoms with Gasteiger partial charge in [0.05, 0.1) is 11.4 Å². The molecule has 0 bridgehead atoms. The number of aryl methyl sites for hydroxylation is 1. The Labute approximate surface area is 195 Å². The van der Waals surface area contributed by atoms with Gasteiger partial charge in [0.25, 0.3) is 0 Å². The molecule has 0 unspecified atom stereocenters. The molecule has 4 aromatic rings. The maximum absolute atomic E-state index is 12.0. The van der Waals surface area contributed by atoms with Crippen molar-refractivity contribution in [2.75, 3.05) is 13.1 Å². The van der Waals surface area contributed by atoms with Gasteiger partial charge in [-0.05, 0) is 49.6 Å². The van der Waals surface area contributed by atoms with E-state index in [1.165, 1.54) is 0 Å². The van der Waals surface area contributed by atoms with Gasteiger partial charge in [-0.15, -0.1) is 11.3 Å². The number of amides is 1. The Bertz CT molecular complexity index is 1320. The lowest BCUT2D eigenvalue weighted by Gasteiger charge is -2.16. The zero-order valence-corrected chi connectivity index (χ0v) is 19.5. The molecule has 0 spiro atoms. The zero-order chi connectivity index (χ0) is 22.1. The smallest absolute Gasteiger partial charge is 0.222 e. The van der Waals surface area contributed by atoms with Crippen LogP contribution < -0.4 is 4.80 Å². The summed E-state index contributed by atoms with van der Waals surface area (Å²) in [5.74, 6) is 1.08. The van der Waals surface area contributed by atoms with E-state index in [0.717, 1.165) is 71.0 Å². The fourth-order valence-corrected chi connectivity index (χ4v) is 5.17. The third kappa shape index (κ3) is 4.25. The van der Waals surface area contributed by atoms with E-state index in [0.29, 0.717) is 11.4 Å². The fraction of sp³-hybridized carbons (Fsp3) is 0.280. The van der Waals surface area contributed by atoms with Crippen molar-refractivity contribution in [3.63, 3.8) is 0 Å². The molecule has 3 heterocycles. The van der Waals surface area contributed by atoms with E-state index in [1.54, 1.807) is 11.3 Å². The van der Waals surface area contributed by atoms with Crippen LogP contribution >= 0.6 is 22.9 Å². The lowest BCUT2D eigenvalue weighted by Crippen LogP contribution is -2.27. The fourth-order valence-electron chi connectivity index (χ4n) is 4.06. The molecule has 0 saturated carbocycles. The van der Waals surface area contributed by atoms with Crippen molar-refractivity contribution in [3.8, 4) is 11.5 Å². The van der Waals surface area contributed by atoms with Crippen molar-refractivity contribution in [3.05, 3.63) is 69.3 Å². The number of rotatable bonds is 6. The van der Waals surface area contributed by atoms with Gasteiger partial charge in [0.2, 0.25) is 5.91 Å². The molecule has 1 amide bonds. The van der Waals surface area contributed by atoms with Crippen LogP contribution in [0, 0.1) is 6.92 Å². The topological polar surface area (TPSA) is 50.7 Å². The van der Waals surface area contributed by atoms with E-state index in [-0.39, 0.29) is 5.91 Å². The number of nitrogens with zero attached hydrogens (tertiary/aromatic N) is 3. The van der Waals surface area contributed by atoms with Crippen LogP contribution in [0.3, 0.4) is 0 Å². The third-order valence-corrected chi connectivity index (χ3v) is 7.11. The van der Waals surface area contributed by atoms with Crippen molar-refractivity contribution < 1.29 is 9.21 Å². The van der Waals surface area contributed by atoms with Gasteiger partial charge in [-0.25, -0.2) is 4.99 Å². The second kappa shape index (κ2) is 8.96. The molecule has 164 valence electrons. The molecule has 0 N–H and O–H groups in total. The maximum atomic E-state index is 12.0. The first-order valence-electron chi connectivity index (χ1n) is 10.8. The number of hydrogen-bond donors (Lipinski definition) is 0. The molecule has 1 fully saturated rings. The van der Waals surface area contributed by atoms with Gasteiger partial charge in [-0.3, -0.25) is 4.79 Å². The molecular weight excluding hydrogens is 442 g/mol. The summed E-state index contributed by atoms with van der Waals surface area (Å²) in [4.78, 5) is 19.7. The predicted molar refractivity (Wildman–Crippen MR) is 129 cm³/mol. The lowest BCUT2D eigenvalue weighted by atomic mass is 10.2. The Hall–Kier alpha value is -2.83. The first-order chi connectivity index (χ1) is 15.6. The summed E-state index contributed by atoms with van der Waals surface area (Å²) < 4.78 is 8.34. The van der Waals surface area contributed by atoms with Crippen LogP contribution in [0.4, 0.5) is 5.69 Å². The number of para-hydroxylation sites is 1.